The zero-order valence-corrected chi connectivity index (χ0v) is 16.2. The summed E-state index contributed by atoms with van der Waals surface area (Å²) in [5.74, 6) is 1.59. The summed E-state index contributed by atoms with van der Waals surface area (Å²) in [6.07, 6.45) is 6.63. The van der Waals surface area contributed by atoms with E-state index in [0.29, 0.717) is 36.5 Å². The van der Waals surface area contributed by atoms with Crippen LogP contribution in [0.25, 0.3) is 5.57 Å². The Kier molecular flexibility index (Phi) is 5.58. The van der Waals surface area contributed by atoms with Crippen LogP contribution in [-0.4, -0.2) is 43.3 Å². The van der Waals surface area contributed by atoms with Gasteiger partial charge < -0.3 is 20.3 Å². The minimum Gasteiger partial charge on any atom is -0.378 e. The number of ether oxygens (including phenoxy) is 1. The molecule has 3 aliphatic rings. The molecule has 4 rings (SSSR count). The number of nitrogens with zero attached hydrogens (tertiary/aromatic N) is 4. The van der Waals surface area contributed by atoms with E-state index in [4.69, 9.17) is 14.7 Å². The van der Waals surface area contributed by atoms with E-state index in [1.807, 2.05) is 31.3 Å². The maximum absolute atomic E-state index is 9.91. The standard InChI is InChI=1S/C21H26N6O/c1-15-14-23-21(24-16-5-2-3-6-16)26-20(15)17(13-22)18-7-4-8-19(25-18)27-9-11-28-12-10-27/h4,7-8,14,16H,2-3,5-6,9-12H2,1H3,(H2,23,24,26)/b20-17+. The summed E-state index contributed by atoms with van der Waals surface area (Å²) in [4.78, 5) is 11.7. The summed E-state index contributed by atoms with van der Waals surface area (Å²) in [6, 6.07) is 8.54. The Labute approximate surface area is 165 Å². The number of aliphatic imine (C=N–C) groups is 1. The lowest BCUT2D eigenvalue weighted by Crippen LogP contribution is -2.39. The molecule has 2 fully saturated rings. The van der Waals surface area contributed by atoms with Crippen LogP contribution in [0.3, 0.4) is 0 Å². The number of hydrogen-bond donors (Lipinski definition) is 2. The van der Waals surface area contributed by atoms with Crippen molar-refractivity contribution in [3.05, 3.63) is 41.4 Å². The van der Waals surface area contributed by atoms with Gasteiger partial charge in [-0.25, -0.2) is 9.98 Å². The SMILES string of the molecule is CC1=CNC(=NC2CCCC2)N/C1=C(\C#N)c1cccc(N2CCOCC2)n1. The summed E-state index contributed by atoms with van der Waals surface area (Å²) in [6.45, 7) is 5.01. The van der Waals surface area contributed by atoms with Crippen molar-refractivity contribution in [1.82, 2.24) is 15.6 Å². The van der Waals surface area contributed by atoms with E-state index in [1.54, 1.807) is 0 Å². The number of hydrogen-bond acceptors (Lipinski definition) is 5. The molecule has 7 nitrogen and oxygen atoms in total. The highest BCUT2D eigenvalue weighted by atomic mass is 16.5. The summed E-state index contributed by atoms with van der Waals surface area (Å²) >= 11 is 0. The van der Waals surface area contributed by atoms with Gasteiger partial charge in [-0.2, -0.15) is 5.26 Å². The summed E-state index contributed by atoms with van der Waals surface area (Å²) in [5.41, 5.74) is 2.93. The molecule has 2 N–H and O–H groups in total. The first-order chi connectivity index (χ1) is 13.7. The average molecular weight is 378 g/mol. The van der Waals surface area contributed by atoms with E-state index >= 15 is 0 Å². The van der Waals surface area contributed by atoms with Crippen LogP contribution in [0.15, 0.2) is 40.7 Å². The molecule has 0 spiro atoms. The number of anilines is 1. The fraction of sp³-hybridized carbons (Fsp3) is 0.476. The maximum atomic E-state index is 9.91. The van der Waals surface area contributed by atoms with Gasteiger partial charge in [0.1, 0.15) is 17.5 Å². The number of aromatic nitrogens is 1. The first-order valence-corrected chi connectivity index (χ1v) is 9.97. The van der Waals surface area contributed by atoms with Gasteiger partial charge in [0.25, 0.3) is 0 Å². The quantitative estimate of drug-likeness (QED) is 0.786. The van der Waals surface area contributed by atoms with Crippen molar-refractivity contribution >= 4 is 17.4 Å². The Morgan fingerprint density at radius 3 is 2.82 bits per heavy atom. The van der Waals surface area contributed by atoms with Crippen LogP contribution in [0.4, 0.5) is 5.82 Å². The number of rotatable bonds is 3. The van der Waals surface area contributed by atoms with Gasteiger partial charge in [-0.15, -0.1) is 0 Å². The van der Waals surface area contributed by atoms with Gasteiger partial charge in [0.05, 0.1) is 30.6 Å². The van der Waals surface area contributed by atoms with Crippen LogP contribution in [0, 0.1) is 11.3 Å². The highest BCUT2D eigenvalue weighted by Crippen LogP contribution is 2.25. The third-order valence-electron chi connectivity index (χ3n) is 5.39. The van der Waals surface area contributed by atoms with Crippen LogP contribution in [0.1, 0.15) is 38.3 Å². The minimum absolute atomic E-state index is 0.358. The molecule has 28 heavy (non-hydrogen) atoms. The first-order valence-electron chi connectivity index (χ1n) is 9.97. The van der Waals surface area contributed by atoms with E-state index in [9.17, 15) is 5.26 Å². The monoisotopic (exact) mass is 378 g/mol. The van der Waals surface area contributed by atoms with Crippen LogP contribution >= 0.6 is 0 Å². The predicted octanol–water partition coefficient (Wildman–Crippen LogP) is 2.55. The molecule has 1 aliphatic carbocycles. The molecular weight excluding hydrogens is 352 g/mol. The van der Waals surface area contributed by atoms with Gasteiger partial charge >= 0.3 is 0 Å². The highest BCUT2D eigenvalue weighted by molar-refractivity contribution is 5.91. The molecule has 0 amide bonds. The number of nitrogens with one attached hydrogen (secondary N) is 2. The molecule has 146 valence electrons. The van der Waals surface area contributed by atoms with Crippen molar-refractivity contribution in [3.63, 3.8) is 0 Å². The molecule has 1 aromatic heterocycles. The van der Waals surface area contributed by atoms with E-state index in [2.05, 4.69) is 21.6 Å². The predicted molar refractivity (Wildman–Crippen MR) is 110 cm³/mol. The lowest BCUT2D eigenvalue weighted by Gasteiger charge is -2.28. The number of guanidine groups is 1. The molecule has 1 saturated heterocycles. The Hall–Kier alpha value is -2.85. The molecule has 3 heterocycles. The molecular formula is C21H26N6O. The Morgan fingerprint density at radius 2 is 2.07 bits per heavy atom. The third-order valence-corrected chi connectivity index (χ3v) is 5.39. The van der Waals surface area contributed by atoms with Crippen molar-refractivity contribution in [2.75, 3.05) is 31.2 Å². The largest absolute Gasteiger partial charge is 0.378 e. The van der Waals surface area contributed by atoms with Crippen molar-refractivity contribution in [1.29, 1.82) is 5.26 Å². The molecule has 1 aromatic rings. The average Bonchev–Trinajstić information content (AvgIpc) is 3.25. The zero-order valence-electron chi connectivity index (χ0n) is 16.2. The molecule has 0 radical (unpaired) electrons. The summed E-state index contributed by atoms with van der Waals surface area (Å²) in [7, 11) is 0. The lowest BCUT2D eigenvalue weighted by molar-refractivity contribution is 0.122. The normalized spacial score (nSPS) is 23.6. The lowest BCUT2D eigenvalue weighted by atomic mass is 10.0. The van der Waals surface area contributed by atoms with Crippen molar-refractivity contribution < 1.29 is 4.74 Å². The Morgan fingerprint density at radius 1 is 1.29 bits per heavy atom. The molecule has 0 atom stereocenters. The molecule has 1 saturated carbocycles. The molecule has 0 unspecified atom stereocenters. The highest BCUT2D eigenvalue weighted by Gasteiger charge is 2.21. The van der Waals surface area contributed by atoms with Gasteiger partial charge in [0.2, 0.25) is 0 Å². The number of pyridine rings is 1. The van der Waals surface area contributed by atoms with Crippen LogP contribution in [0.5, 0.6) is 0 Å². The van der Waals surface area contributed by atoms with Crippen LogP contribution in [-0.2, 0) is 4.74 Å². The summed E-state index contributed by atoms with van der Waals surface area (Å²) in [5, 5.41) is 16.5. The topological polar surface area (TPSA) is 85.6 Å². The van der Waals surface area contributed by atoms with Gasteiger partial charge in [-0.05, 0) is 37.5 Å². The smallest absolute Gasteiger partial charge is 0.200 e. The molecule has 0 aromatic carbocycles. The van der Waals surface area contributed by atoms with E-state index in [-0.39, 0.29) is 0 Å². The molecule has 0 bridgehead atoms. The third kappa shape index (κ3) is 4.02. The second-order valence-electron chi connectivity index (χ2n) is 7.35. The van der Waals surface area contributed by atoms with Crippen molar-refractivity contribution in [3.8, 4) is 6.07 Å². The van der Waals surface area contributed by atoms with E-state index in [1.165, 1.54) is 12.8 Å². The second kappa shape index (κ2) is 8.44. The molecule has 2 aliphatic heterocycles. The summed E-state index contributed by atoms with van der Waals surface area (Å²) < 4.78 is 5.43. The fourth-order valence-electron chi connectivity index (χ4n) is 3.82. The van der Waals surface area contributed by atoms with E-state index in [0.717, 1.165) is 43.0 Å². The first kappa shape index (κ1) is 18.5. The van der Waals surface area contributed by atoms with Gasteiger partial charge in [-0.1, -0.05) is 18.9 Å². The van der Waals surface area contributed by atoms with Crippen LogP contribution in [0.2, 0.25) is 0 Å². The van der Waals surface area contributed by atoms with Gasteiger partial charge in [-0.3, -0.25) is 0 Å². The van der Waals surface area contributed by atoms with Gasteiger partial charge in [0.15, 0.2) is 5.96 Å². The molecule has 7 heteroatoms. The number of nitriles is 1. The zero-order chi connectivity index (χ0) is 19.3. The minimum atomic E-state index is 0.358. The fourth-order valence-corrected chi connectivity index (χ4v) is 3.82. The van der Waals surface area contributed by atoms with Gasteiger partial charge in [0, 0.05) is 19.3 Å². The Balaban J connectivity index is 1.64. The Bertz CT molecular complexity index is 854. The number of morpholine rings is 1. The van der Waals surface area contributed by atoms with Crippen molar-refractivity contribution in [2.24, 2.45) is 4.99 Å². The second-order valence-corrected chi connectivity index (χ2v) is 7.35. The maximum Gasteiger partial charge on any atom is 0.200 e. The van der Waals surface area contributed by atoms with E-state index < -0.39 is 0 Å². The van der Waals surface area contributed by atoms with Crippen LogP contribution < -0.4 is 15.5 Å². The van der Waals surface area contributed by atoms with Crippen molar-refractivity contribution in [2.45, 2.75) is 38.6 Å². The number of allylic oxidation sites excluding steroid dienone is 2.